The maximum Gasteiger partial charge on any atom is 0.159 e. The topological polar surface area (TPSA) is 32.8 Å². The van der Waals surface area contributed by atoms with Gasteiger partial charge in [-0.2, -0.15) is 0 Å². The Morgan fingerprint density at radius 2 is 1.04 bits per heavy atom. The Labute approximate surface area is 301 Å². The first-order valence-electron chi connectivity index (χ1n) is 15.8. The van der Waals surface area contributed by atoms with E-state index >= 15 is 0 Å². The van der Waals surface area contributed by atoms with Crippen LogP contribution in [0.4, 0.5) is 22.7 Å². The van der Waals surface area contributed by atoms with E-state index in [1.54, 1.807) is 0 Å². The monoisotopic (exact) mass is 838 g/mol. The van der Waals surface area contributed by atoms with Crippen molar-refractivity contribution in [1.82, 2.24) is 0 Å². The minimum atomic E-state index is 0.903. The molecule has 0 bridgehead atoms. The van der Waals surface area contributed by atoms with Crippen molar-refractivity contribution in [3.8, 4) is 11.1 Å². The van der Waals surface area contributed by atoms with Crippen LogP contribution in [0.3, 0.4) is 0 Å². The zero-order valence-electron chi connectivity index (χ0n) is 26.6. The molecule has 4 nitrogen and oxygen atoms in total. The van der Waals surface area contributed by atoms with E-state index in [1.807, 2.05) is 0 Å². The molecule has 0 aliphatic heterocycles. The van der Waals surface area contributed by atoms with Crippen molar-refractivity contribution in [1.29, 1.82) is 0 Å². The predicted octanol–water partition coefficient (Wildman–Crippen LogP) is 13.6. The Bertz CT molecular complexity index is 2490. The third-order valence-corrected chi connectivity index (χ3v) is 11.4. The maximum atomic E-state index is 6.68. The molecule has 0 saturated heterocycles. The largest absolute Gasteiger partial charge is 0.454 e. The SMILES string of the molecule is CCc1ccccc1N(I)c1cccc2c1oc1c(C)cc(-c3cccc(N(I)c4cccc5c4oc4c(C)cccc45)c3C)cc12. The molecule has 0 radical (unpaired) electrons. The van der Waals surface area contributed by atoms with E-state index in [0.717, 1.165) is 78.5 Å². The van der Waals surface area contributed by atoms with Gasteiger partial charge in [0.15, 0.2) is 11.2 Å². The van der Waals surface area contributed by atoms with Crippen molar-refractivity contribution < 1.29 is 8.83 Å². The summed E-state index contributed by atoms with van der Waals surface area (Å²) in [4.78, 5) is 0. The molecule has 6 aromatic carbocycles. The highest BCUT2D eigenvalue weighted by atomic mass is 127. The third-order valence-electron chi connectivity index (χ3n) is 9.30. The number of furan rings is 2. The number of para-hydroxylation sites is 4. The lowest BCUT2D eigenvalue weighted by molar-refractivity contribution is 0.666. The number of benzene rings is 6. The number of aryl methyl sites for hydroxylation is 3. The molecular weight excluding hydrogens is 806 g/mol. The molecule has 232 valence electrons. The molecule has 2 heterocycles. The normalized spacial score (nSPS) is 11.7. The lowest BCUT2D eigenvalue weighted by Crippen LogP contribution is -2.04. The van der Waals surface area contributed by atoms with Crippen LogP contribution in [0.15, 0.2) is 118 Å². The molecule has 2 aromatic heterocycles. The van der Waals surface area contributed by atoms with Crippen LogP contribution in [0, 0.1) is 20.8 Å². The molecular formula is C41H32I2N2O2. The first kappa shape index (κ1) is 30.3. The van der Waals surface area contributed by atoms with Crippen molar-refractivity contribution in [2.24, 2.45) is 0 Å². The van der Waals surface area contributed by atoms with Crippen LogP contribution < -0.4 is 6.23 Å². The molecule has 47 heavy (non-hydrogen) atoms. The van der Waals surface area contributed by atoms with Gasteiger partial charge >= 0.3 is 0 Å². The van der Waals surface area contributed by atoms with Gasteiger partial charge in [-0.15, -0.1) is 0 Å². The number of hydrogen-bond donors (Lipinski definition) is 0. The van der Waals surface area contributed by atoms with E-state index in [2.05, 4.69) is 189 Å². The number of nitrogens with zero attached hydrogens (tertiary/aromatic N) is 2. The highest BCUT2D eigenvalue weighted by Crippen LogP contribution is 2.45. The van der Waals surface area contributed by atoms with Gasteiger partial charge in [0.05, 0.1) is 68.5 Å². The van der Waals surface area contributed by atoms with Crippen LogP contribution in [0.25, 0.3) is 55.0 Å². The van der Waals surface area contributed by atoms with Crippen LogP contribution >= 0.6 is 45.7 Å². The van der Waals surface area contributed by atoms with Gasteiger partial charge in [0.1, 0.15) is 11.2 Å². The van der Waals surface area contributed by atoms with E-state index in [9.17, 15) is 0 Å². The molecule has 0 N–H and O–H groups in total. The molecule has 8 aromatic rings. The first-order chi connectivity index (χ1) is 22.9. The highest BCUT2D eigenvalue weighted by molar-refractivity contribution is 14.1. The van der Waals surface area contributed by atoms with E-state index in [4.69, 9.17) is 8.83 Å². The van der Waals surface area contributed by atoms with Crippen LogP contribution in [0.5, 0.6) is 0 Å². The average molecular weight is 839 g/mol. The van der Waals surface area contributed by atoms with Gasteiger partial charge < -0.3 is 8.83 Å². The smallest absolute Gasteiger partial charge is 0.159 e. The molecule has 8 rings (SSSR count). The minimum absolute atomic E-state index is 0.903. The molecule has 0 fully saturated rings. The number of rotatable bonds is 6. The summed E-state index contributed by atoms with van der Waals surface area (Å²) in [5.74, 6) is 0. The van der Waals surface area contributed by atoms with Crippen molar-refractivity contribution in [2.45, 2.75) is 34.1 Å². The Morgan fingerprint density at radius 1 is 0.511 bits per heavy atom. The second-order valence-electron chi connectivity index (χ2n) is 12.1. The number of hydrogen-bond acceptors (Lipinski definition) is 4. The van der Waals surface area contributed by atoms with Gasteiger partial charge in [0.25, 0.3) is 0 Å². The summed E-state index contributed by atoms with van der Waals surface area (Å²) in [6, 6.07) is 38.9. The van der Waals surface area contributed by atoms with E-state index < -0.39 is 0 Å². The van der Waals surface area contributed by atoms with Gasteiger partial charge in [-0.3, -0.25) is 6.23 Å². The van der Waals surface area contributed by atoms with Gasteiger partial charge in [0.2, 0.25) is 0 Å². The van der Waals surface area contributed by atoms with Crippen LogP contribution in [-0.4, -0.2) is 0 Å². The fourth-order valence-electron chi connectivity index (χ4n) is 6.88. The highest BCUT2D eigenvalue weighted by Gasteiger charge is 2.21. The summed E-state index contributed by atoms with van der Waals surface area (Å²) in [7, 11) is 0. The molecule has 6 heteroatoms. The quantitative estimate of drug-likeness (QED) is 0.123. The van der Waals surface area contributed by atoms with Gasteiger partial charge in [-0.25, -0.2) is 0 Å². The van der Waals surface area contributed by atoms with Crippen molar-refractivity contribution in [3.05, 3.63) is 131 Å². The summed E-state index contributed by atoms with van der Waals surface area (Å²) in [5.41, 5.74) is 15.2. The minimum Gasteiger partial charge on any atom is -0.454 e. The first-order valence-corrected chi connectivity index (χ1v) is 17.7. The molecule has 0 atom stereocenters. The van der Waals surface area contributed by atoms with Crippen LogP contribution in [-0.2, 0) is 6.42 Å². The molecule has 0 amide bonds. The van der Waals surface area contributed by atoms with Crippen molar-refractivity contribution >= 4 is 112 Å². The Morgan fingerprint density at radius 3 is 1.74 bits per heavy atom. The van der Waals surface area contributed by atoms with E-state index in [-0.39, 0.29) is 0 Å². The van der Waals surface area contributed by atoms with E-state index in [1.165, 1.54) is 27.9 Å². The van der Waals surface area contributed by atoms with Crippen LogP contribution in [0.1, 0.15) is 29.2 Å². The maximum absolute atomic E-state index is 6.68. The summed E-state index contributed by atoms with van der Waals surface area (Å²) in [6.45, 7) is 8.66. The second-order valence-corrected chi connectivity index (χ2v) is 14.1. The summed E-state index contributed by atoms with van der Waals surface area (Å²) >= 11 is 4.83. The predicted molar refractivity (Wildman–Crippen MR) is 215 cm³/mol. The molecule has 0 saturated carbocycles. The standard InChI is InChI=1S/C41H32I2N2O2/c1-5-27-13-6-7-18-35(27)45(43)37-21-11-17-32-33-23-28(22-25(3)39(33)47-41(32)37)29-14-9-19-34(26(29)4)44(42)36-20-10-16-31-30-15-8-12-24(2)38(30)46-40(31)36/h6-23H,5H2,1-4H3. The Kier molecular flexibility index (Phi) is 7.68. The van der Waals surface area contributed by atoms with Gasteiger partial charge in [-0.05, 0) is 97.0 Å². The fraction of sp³-hybridized carbons (Fsp3) is 0.122. The van der Waals surface area contributed by atoms with E-state index in [0.29, 0.717) is 0 Å². The third kappa shape index (κ3) is 4.90. The Balaban J connectivity index is 1.24. The number of halogens is 2. The lowest BCUT2D eigenvalue weighted by Gasteiger charge is -2.21. The summed E-state index contributed by atoms with van der Waals surface area (Å²) in [5, 5.41) is 4.53. The van der Waals surface area contributed by atoms with Crippen LogP contribution in [0.2, 0.25) is 0 Å². The lowest BCUT2D eigenvalue weighted by atomic mass is 9.95. The molecule has 0 spiro atoms. The number of fused-ring (bicyclic) bond motifs is 6. The Hall–Kier alpha value is -4.02. The summed E-state index contributed by atoms with van der Waals surface area (Å²) in [6.07, 6.45) is 0.967. The van der Waals surface area contributed by atoms with Crippen molar-refractivity contribution in [2.75, 3.05) is 6.23 Å². The molecule has 0 unspecified atom stereocenters. The second kappa shape index (κ2) is 11.9. The fourth-order valence-corrected chi connectivity index (χ4v) is 8.63. The number of anilines is 4. The van der Waals surface area contributed by atoms with Gasteiger partial charge in [-0.1, -0.05) is 79.7 Å². The zero-order chi connectivity index (χ0) is 32.4. The zero-order valence-corrected chi connectivity index (χ0v) is 30.9. The summed E-state index contributed by atoms with van der Waals surface area (Å²) < 4.78 is 17.6. The molecule has 0 aliphatic carbocycles. The van der Waals surface area contributed by atoms with Gasteiger partial charge in [0, 0.05) is 21.5 Å². The molecule has 0 aliphatic rings. The average Bonchev–Trinajstić information content (AvgIpc) is 3.68. The van der Waals surface area contributed by atoms with Crippen molar-refractivity contribution in [3.63, 3.8) is 0 Å².